The molecule has 3 nitrogen and oxygen atoms in total. The van der Waals surface area contributed by atoms with Crippen LogP contribution in [0.4, 0.5) is 13.2 Å². The molecule has 2 rings (SSSR count). The Labute approximate surface area is 132 Å². The maximum atomic E-state index is 12.3. The van der Waals surface area contributed by atoms with Crippen LogP contribution in [0, 0.1) is 0 Å². The van der Waals surface area contributed by atoms with E-state index >= 15 is 0 Å². The Morgan fingerprint density at radius 2 is 1.74 bits per heavy atom. The molecule has 7 heteroatoms. The normalized spacial score (nSPS) is 13.3. The van der Waals surface area contributed by atoms with Gasteiger partial charge in [0.1, 0.15) is 5.75 Å². The van der Waals surface area contributed by atoms with Gasteiger partial charge in [0.2, 0.25) is 0 Å². The third-order valence-corrected chi connectivity index (χ3v) is 4.38. The molecule has 0 aliphatic carbocycles. The van der Waals surface area contributed by atoms with Crippen LogP contribution in [0.25, 0.3) is 16.3 Å². The highest BCUT2D eigenvalue weighted by molar-refractivity contribution is 7.88. The molecule has 0 saturated carbocycles. The Balaban J connectivity index is 2.40. The van der Waals surface area contributed by atoms with E-state index in [1.54, 1.807) is 6.07 Å². The fraction of sp³-hybridized carbons (Fsp3) is 0.250. The van der Waals surface area contributed by atoms with E-state index in [0.717, 1.165) is 22.9 Å². The van der Waals surface area contributed by atoms with Crippen LogP contribution in [-0.2, 0) is 10.1 Å². The summed E-state index contributed by atoms with van der Waals surface area (Å²) in [5.74, 6) is -0.371. The number of hydrogen-bond acceptors (Lipinski definition) is 3. The summed E-state index contributed by atoms with van der Waals surface area (Å²) in [6.45, 7) is 3.96. The zero-order valence-electron chi connectivity index (χ0n) is 12.5. The lowest BCUT2D eigenvalue weighted by Gasteiger charge is -2.11. The summed E-state index contributed by atoms with van der Waals surface area (Å²) in [4.78, 5) is 0. The summed E-state index contributed by atoms with van der Waals surface area (Å²) in [5, 5.41) is 1.38. The number of benzene rings is 2. The smallest absolute Gasteiger partial charge is 0.376 e. The summed E-state index contributed by atoms with van der Waals surface area (Å²) >= 11 is 0. The van der Waals surface area contributed by atoms with E-state index in [4.69, 9.17) is 0 Å². The molecule has 0 amide bonds. The molecule has 23 heavy (non-hydrogen) atoms. The lowest BCUT2D eigenvalue weighted by Crippen LogP contribution is -2.28. The van der Waals surface area contributed by atoms with Gasteiger partial charge in [-0.3, -0.25) is 0 Å². The van der Waals surface area contributed by atoms with Crippen molar-refractivity contribution in [3.63, 3.8) is 0 Å². The van der Waals surface area contributed by atoms with Crippen LogP contribution in [-0.4, -0.2) is 13.9 Å². The molecule has 0 aliphatic rings. The number of allylic oxidation sites excluding steroid dienone is 2. The first-order chi connectivity index (χ1) is 10.7. The second kappa shape index (κ2) is 6.23. The van der Waals surface area contributed by atoms with Crippen LogP contribution < -0.4 is 4.18 Å². The van der Waals surface area contributed by atoms with Crippen LogP contribution in [0.5, 0.6) is 5.75 Å². The highest BCUT2D eigenvalue weighted by Gasteiger charge is 2.48. The lowest BCUT2D eigenvalue weighted by atomic mass is 9.99. The van der Waals surface area contributed by atoms with Gasteiger partial charge in [0.15, 0.2) is 0 Å². The minimum absolute atomic E-state index is 0.371. The fourth-order valence-corrected chi connectivity index (χ4v) is 2.68. The topological polar surface area (TPSA) is 43.4 Å². The molecule has 0 spiro atoms. The molecule has 0 aromatic heterocycles. The van der Waals surface area contributed by atoms with E-state index in [0.29, 0.717) is 5.39 Å². The van der Waals surface area contributed by atoms with E-state index < -0.39 is 15.6 Å². The number of halogens is 3. The average Bonchev–Trinajstić information content (AvgIpc) is 2.47. The lowest BCUT2D eigenvalue weighted by molar-refractivity contribution is -0.0500. The molecule has 124 valence electrons. The van der Waals surface area contributed by atoms with Gasteiger partial charge in [-0.05, 0) is 53.5 Å². The van der Waals surface area contributed by atoms with Crippen molar-refractivity contribution in [1.29, 1.82) is 0 Å². The first kappa shape index (κ1) is 17.3. The second-order valence-electron chi connectivity index (χ2n) is 4.87. The Hall–Kier alpha value is -2.02. The van der Waals surface area contributed by atoms with Crippen molar-refractivity contribution >= 4 is 26.5 Å². The van der Waals surface area contributed by atoms with Crippen molar-refractivity contribution in [1.82, 2.24) is 0 Å². The van der Waals surface area contributed by atoms with Crippen LogP contribution in [0.2, 0.25) is 0 Å². The van der Waals surface area contributed by atoms with Gasteiger partial charge in [0, 0.05) is 0 Å². The van der Waals surface area contributed by atoms with Crippen molar-refractivity contribution in [2.45, 2.75) is 25.8 Å². The summed E-state index contributed by atoms with van der Waals surface area (Å²) in [7, 11) is -5.66. The van der Waals surface area contributed by atoms with E-state index in [2.05, 4.69) is 4.18 Å². The largest absolute Gasteiger partial charge is 0.534 e. The Kier molecular flexibility index (Phi) is 4.70. The van der Waals surface area contributed by atoms with Gasteiger partial charge in [-0.15, -0.1) is 0 Å². The number of fused-ring (bicyclic) bond motifs is 1. The van der Waals surface area contributed by atoms with Crippen LogP contribution in [0.1, 0.15) is 25.8 Å². The molecule has 0 N–H and O–H groups in total. The molecule has 0 unspecified atom stereocenters. The molecule has 0 heterocycles. The quantitative estimate of drug-likeness (QED) is 0.586. The van der Waals surface area contributed by atoms with Gasteiger partial charge >= 0.3 is 15.6 Å². The molecule has 0 atom stereocenters. The minimum Gasteiger partial charge on any atom is -0.376 e. The SMILES string of the molecule is C/C=C(\CC)c1ccc2cc(OS(=O)(=O)C(F)(F)F)ccc2c1. The van der Waals surface area contributed by atoms with Crippen molar-refractivity contribution < 1.29 is 25.8 Å². The standard InChI is InChI=1S/C16H15F3O3S/c1-3-11(4-2)12-5-6-14-10-15(8-7-13(14)9-12)22-23(20,21)16(17,18)19/h3,5-10H,4H2,1-2H3/b11-3+. The molecule has 2 aromatic carbocycles. The zero-order chi connectivity index (χ0) is 17.3. The van der Waals surface area contributed by atoms with Crippen LogP contribution >= 0.6 is 0 Å². The van der Waals surface area contributed by atoms with Gasteiger partial charge in [0.05, 0.1) is 0 Å². The van der Waals surface area contributed by atoms with E-state index in [9.17, 15) is 21.6 Å². The summed E-state index contributed by atoms with van der Waals surface area (Å²) in [6, 6.07) is 9.46. The first-order valence-electron chi connectivity index (χ1n) is 6.88. The molecule has 0 aliphatic heterocycles. The highest BCUT2D eigenvalue weighted by Crippen LogP contribution is 2.30. The predicted molar refractivity (Wildman–Crippen MR) is 83.5 cm³/mol. The van der Waals surface area contributed by atoms with Gasteiger partial charge in [0.25, 0.3) is 0 Å². The second-order valence-corrected chi connectivity index (χ2v) is 6.41. The maximum Gasteiger partial charge on any atom is 0.534 e. The Morgan fingerprint density at radius 3 is 2.30 bits per heavy atom. The monoisotopic (exact) mass is 344 g/mol. The summed E-state index contributed by atoms with van der Waals surface area (Å²) in [5.41, 5.74) is -3.29. The van der Waals surface area contributed by atoms with Crippen LogP contribution in [0.15, 0.2) is 42.5 Å². The Bertz CT molecular complexity index is 852. The molecule has 0 saturated heterocycles. The van der Waals surface area contributed by atoms with Gasteiger partial charge in [-0.1, -0.05) is 31.2 Å². The predicted octanol–water partition coefficient (Wildman–Crippen LogP) is 4.88. The average molecular weight is 344 g/mol. The van der Waals surface area contributed by atoms with Crippen molar-refractivity contribution in [3.05, 3.63) is 48.0 Å². The fourth-order valence-electron chi connectivity index (χ4n) is 2.22. The number of alkyl halides is 3. The molecule has 2 aromatic rings. The van der Waals surface area contributed by atoms with Gasteiger partial charge < -0.3 is 4.18 Å². The third kappa shape index (κ3) is 3.67. The van der Waals surface area contributed by atoms with Crippen LogP contribution in [0.3, 0.4) is 0 Å². The van der Waals surface area contributed by atoms with Crippen molar-refractivity contribution in [3.8, 4) is 5.75 Å². The highest BCUT2D eigenvalue weighted by atomic mass is 32.2. The number of rotatable bonds is 4. The van der Waals surface area contributed by atoms with Crippen molar-refractivity contribution in [2.24, 2.45) is 0 Å². The van der Waals surface area contributed by atoms with E-state index in [1.165, 1.54) is 18.2 Å². The maximum absolute atomic E-state index is 12.3. The Morgan fingerprint density at radius 1 is 1.13 bits per heavy atom. The minimum atomic E-state index is -5.66. The molecule has 0 bridgehead atoms. The molecular formula is C16H15F3O3S. The molecular weight excluding hydrogens is 329 g/mol. The number of hydrogen-bond donors (Lipinski definition) is 0. The molecule has 0 fully saturated rings. The molecule has 0 radical (unpaired) electrons. The van der Waals surface area contributed by atoms with Gasteiger partial charge in [-0.2, -0.15) is 21.6 Å². The summed E-state index contributed by atoms with van der Waals surface area (Å²) < 4.78 is 63.2. The van der Waals surface area contributed by atoms with E-state index in [1.807, 2.05) is 32.1 Å². The first-order valence-corrected chi connectivity index (χ1v) is 8.29. The van der Waals surface area contributed by atoms with E-state index in [-0.39, 0.29) is 5.75 Å². The van der Waals surface area contributed by atoms with Gasteiger partial charge in [-0.25, -0.2) is 0 Å². The summed E-state index contributed by atoms with van der Waals surface area (Å²) in [6.07, 6.45) is 2.85. The zero-order valence-corrected chi connectivity index (χ0v) is 13.3. The van der Waals surface area contributed by atoms with Crippen molar-refractivity contribution in [2.75, 3.05) is 0 Å². The third-order valence-electron chi connectivity index (χ3n) is 3.40.